The molecule has 1 aliphatic rings. The maximum atomic E-state index is 11.8. The first-order valence-corrected chi connectivity index (χ1v) is 7.64. The predicted molar refractivity (Wildman–Crippen MR) is 82.3 cm³/mol. The maximum Gasteiger partial charge on any atom is 0.313 e. The molecule has 1 heterocycles. The third-order valence-corrected chi connectivity index (χ3v) is 3.52. The van der Waals surface area contributed by atoms with Gasteiger partial charge in [0.15, 0.2) is 0 Å². The average molecular weight is 337 g/mol. The molecule has 0 radical (unpaired) electrons. The number of hydrogen-bond acceptors (Lipinski definition) is 7. The molecule has 0 bridgehead atoms. The zero-order valence-corrected chi connectivity index (χ0v) is 13.1. The molecule has 1 atom stereocenters. The molecule has 0 spiro atoms. The van der Waals surface area contributed by atoms with E-state index < -0.39 is 10.9 Å². The molecule has 8 nitrogen and oxygen atoms in total. The number of nitrogens with zero attached hydrogens (tertiary/aromatic N) is 1. The van der Waals surface area contributed by atoms with E-state index in [1.807, 2.05) is 0 Å². The van der Waals surface area contributed by atoms with Crippen LogP contribution < -0.4 is 0 Å². The van der Waals surface area contributed by atoms with Crippen LogP contribution in [-0.2, 0) is 30.4 Å². The first-order chi connectivity index (χ1) is 11.5. The zero-order valence-electron chi connectivity index (χ0n) is 13.1. The van der Waals surface area contributed by atoms with E-state index in [-0.39, 0.29) is 37.0 Å². The minimum absolute atomic E-state index is 0.0241. The monoisotopic (exact) mass is 337 g/mol. The van der Waals surface area contributed by atoms with Gasteiger partial charge in [-0.05, 0) is 24.1 Å². The van der Waals surface area contributed by atoms with Crippen LogP contribution in [0.15, 0.2) is 24.3 Å². The smallest absolute Gasteiger partial charge is 0.313 e. The van der Waals surface area contributed by atoms with Gasteiger partial charge in [0, 0.05) is 18.6 Å². The Kier molecular flexibility index (Phi) is 6.83. The zero-order chi connectivity index (χ0) is 17.4. The fourth-order valence-corrected chi connectivity index (χ4v) is 2.20. The predicted octanol–water partition coefficient (Wildman–Crippen LogP) is 1.79. The van der Waals surface area contributed by atoms with Gasteiger partial charge in [-0.3, -0.25) is 19.7 Å². The Bertz CT molecular complexity index is 579. The van der Waals surface area contributed by atoms with E-state index >= 15 is 0 Å². The van der Waals surface area contributed by atoms with E-state index in [0.717, 1.165) is 0 Å². The quantitative estimate of drug-likeness (QED) is 0.308. The Hall–Kier alpha value is -2.32. The molecule has 0 aromatic heterocycles. The lowest BCUT2D eigenvalue weighted by atomic mass is 10.1. The Balaban J connectivity index is 1.66. The number of hydrogen-bond donors (Lipinski definition) is 0. The fourth-order valence-electron chi connectivity index (χ4n) is 2.20. The first kappa shape index (κ1) is 18.0. The van der Waals surface area contributed by atoms with Crippen LogP contribution in [0.2, 0.25) is 0 Å². The topological polar surface area (TPSA) is 105 Å². The number of esters is 1. The number of benzene rings is 1. The van der Waals surface area contributed by atoms with Crippen molar-refractivity contribution in [1.82, 2.24) is 0 Å². The van der Waals surface area contributed by atoms with Crippen LogP contribution >= 0.6 is 0 Å². The number of carbonyl (C=O) groups is 2. The average Bonchev–Trinajstić information content (AvgIpc) is 2.59. The lowest BCUT2D eigenvalue weighted by molar-refractivity contribution is -0.384. The Morgan fingerprint density at radius 1 is 1.25 bits per heavy atom. The molecule has 8 heteroatoms. The van der Waals surface area contributed by atoms with Crippen molar-refractivity contribution < 1.29 is 28.7 Å². The summed E-state index contributed by atoms with van der Waals surface area (Å²) in [4.78, 5) is 33.4. The van der Waals surface area contributed by atoms with E-state index in [4.69, 9.17) is 14.2 Å². The van der Waals surface area contributed by atoms with Crippen molar-refractivity contribution in [3.63, 3.8) is 0 Å². The Labute approximate surface area is 138 Å². The number of ether oxygens (including phenoxy) is 3. The summed E-state index contributed by atoms with van der Waals surface area (Å²) in [6.07, 6.45) is 0.370. The largest absolute Gasteiger partial charge is 0.460 e. The maximum absolute atomic E-state index is 11.8. The summed E-state index contributed by atoms with van der Waals surface area (Å²) in [5.41, 5.74) is 0.586. The number of ketones is 1. The molecule has 1 saturated heterocycles. The van der Waals surface area contributed by atoms with Crippen molar-refractivity contribution >= 4 is 17.4 Å². The van der Waals surface area contributed by atoms with E-state index in [1.54, 1.807) is 0 Å². The summed E-state index contributed by atoms with van der Waals surface area (Å²) in [5, 5.41) is 10.5. The van der Waals surface area contributed by atoms with Gasteiger partial charge in [0.1, 0.15) is 18.8 Å². The van der Waals surface area contributed by atoms with Gasteiger partial charge in [-0.25, -0.2) is 0 Å². The van der Waals surface area contributed by atoms with Gasteiger partial charge in [-0.2, -0.15) is 0 Å². The standard InChI is InChI=1S/C16H19NO7/c18-14(5-6-15-11-22-7-8-23-15)9-16(19)24-10-12-1-3-13(4-2-12)17(20)21/h1-4,15H,5-11H2. The summed E-state index contributed by atoms with van der Waals surface area (Å²) in [5.74, 6) is -0.822. The van der Waals surface area contributed by atoms with Crippen molar-refractivity contribution in [3.8, 4) is 0 Å². The molecule has 0 aliphatic carbocycles. The third kappa shape index (κ3) is 6.05. The van der Waals surface area contributed by atoms with Crippen LogP contribution in [0.3, 0.4) is 0 Å². The number of carbonyl (C=O) groups excluding carboxylic acids is 2. The van der Waals surface area contributed by atoms with Crippen molar-refractivity contribution in [2.75, 3.05) is 19.8 Å². The second-order valence-corrected chi connectivity index (χ2v) is 5.41. The number of nitro benzene ring substituents is 1. The molecule has 130 valence electrons. The van der Waals surface area contributed by atoms with Gasteiger partial charge >= 0.3 is 5.97 Å². The molecule has 2 rings (SSSR count). The van der Waals surface area contributed by atoms with Gasteiger partial charge in [0.2, 0.25) is 0 Å². The normalized spacial score (nSPS) is 17.2. The lowest BCUT2D eigenvalue weighted by Crippen LogP contribution is -2.29. The molecule has 1 unspecified atom stereocenters. The van der Waals surface area contributed by atoms with Crippen molar-refractivity contribution in [2.24, 2.45) is 0 Å². The van der Waals surface area contributed by atoms with Gasteiger partial charge in [-0.1, -0.05) is 0 Å². The molecule has 1 aliphatic heterocycles. The van der Waals surface area contributed by atoms with Gasteiger partial charge in [0.25, 0.3) is 5.69 Å². The highest BCUT2D eigenvalue weighted by Gasteiger charge is 2.17. The number of rotatable bonds is 8. The van der Waals surface area contributed by atoms with Crippen molar-refractivity contribution in [2.45, 2.75) is 32.0 Å². The molecular weight excluding hydrogens is 318 g/mol. The van der Waals surface area contributed by atoms with Crippen LogP contribution in [0.1, 0.15) is 24.8 Å². The van der Waals surface area contributed by atoms with Crippen LogP contribution in [-0.4, -0.2) is 42.6 Å². The second kappa shape index (κ2) is 9.09. The molecule has 1 fully saturated rings. The molecule has 0 N–H and O–H groups in total. The lowest BCUT2D eigenvalue weighted by Gasteiger charge is -2.22. The Morgan fingerprint density at radius 3 is 2.62 bits per heavy atom. The highest BCUT2D eigenvalue weighted by atomic mass is 16.6. The van der Waals surface area contributed by atoms with Gasteiger partial charge in [-0.15, -0.1) is 0 Å². The Morgan fingerprint density at radius 2 is 2.00 bits per heavy atom. The molecular formula is C16H19NO7. The minimum atomic E-state index is -0.612. The first-order valence-electron chi connectivity index (χ1n) is 7.64. The highest BCUT2D eigenvalue weighted by molar-refractivity contribution is 5.95. The summed E-state index contributed by atoms with van der Waals surface area (Å²) in [7, 11) is 0. The minimum Gasteiger partial charge on any atom is -0.460 e. The fraction of sp³-hybridized carbons (Fsp3) is 0.500. The summed E-state index contributed by atoms with van der Waals surface area (Å²) < 4.78 is 15.7. The number of nitro groups is 1. The molecule has 24 heavy (non-hydrogen) atoms. The van der Waals surface area contributed by atoms with E-state index in [0.29, 0.717) is 31.8 Å². The van der Waals surface area contributed by atoms with E-state index in [9.17, 15) is 19.7 Å². The molecule has 0 amide bonds. The third-order valence-electron chi connectivity index (χ3n) is 3.52. The number of non-ortho nitro benzene ring substituents is 1. The highest BCUT2D eigenvalue weighted by Crippen LogP contribution is 2.13. The van der Waals surface area contributed by atoms with Gasteiger partial charge in [0.05, 0.1) is 30.8 Å². The molecule has 1 aromatic rings. The van der Waals surface area contributed by atoms with E-state index in [2.05, 4.69) is 0 Å². The summed E-state index contributed by atoms with van der Waals surface area (Å²) >= 11 is 0. The molecule has 0 saturated carbocycles. The summed E-state index contributed by atoms with van der Waals surface area (Å²) in [6.45, 7) is 1.54. The molecule has 1 aromatic carbocycles. The number of Topliss-reactive ketones (excluding diaryl/α,β-unsaturated/α-hetero) is 1. The van der Waals surface area contributed by atoms with Crippen molar-refractivity contribution in [1.29, 1.82) is 0 Å². The van der Waals surface area contributed by atoms with Crippen LogP contribution in [0.5, 0.6) is 0 Å². The SMILES string of the molecule is O=C(CCC1COCCO1)CC(=O)OCc1ccc([N+](=O)[O-])cc1. The van der Waals surface area contributed by atoms with Crippen LogP contribution in [0.25, 0.3) is 0 Å². The summed E-state index contributed by atoms with van der Waals surface area (Å²) in [6, 6.07) is 5.68. The van der Waals surface area contributed by atoms with Crippen LogP contribution in [0.4, 0.5) is 5.69 Å². The van der Waals surface area contributed by atoms with E-state index in [1.165, 1.54) is 24.3 Å². The second-order valence-electron chi connectivity index (χ2n) is 5.41. The van der Waals surface area contributed by atoms with Crippen LogP contribution in [0, 0.1) is 10.1 Å². The van der Waals surface area contributed by atoms with Crippen molar-refractivity contribution in [3.05, 3.63) is 39.9 Å². The van der Waals surface area contributed by atoms with Gasteiger partial charge < -0.3 is 14.2 Å².